The minimum Gasteiger partial charge on any atom is -0.374 e. The number of hydrogen-bond acceptors (Lipinski definition) is 4. The molecule has 1 aromatic rings. The molecule has 7 nitrogen and oxygen atoms in total. The van der Waals surface area contributed by atoms with Gasteiger partial charge in [-0.25, -0.2) is 0 Å². The smallest absolute Gasteiger partial charge is 0.251 e. The van der Waals surface area contributed by atoms with Gasteiger partial charge in [0, 0.05) is 51.4 Å². The molecule has 0 radical (unpaired) electrons. The Morgan fingerprint density at radius 2 is 1.97 bits per heavy atom. The van der Waals surface area contributed by atoms with Gasteiger partial charge in [-0.15, -0.1) is 0 Å². The van der Waals surface area contributed by atoms with Gasteiger partial charge in [-0.1, -0.05) is 32.9 Å². The van der Waals surface area contributed by atoms with Gasteiger partial charge in [-0.05, 0) is 37.0 Å². The molecule has 1 aliphatic rings. The van der Waals surface area contributed by atoms with Crippen LogP contribution in [0.2, 0.25) is 0 Å². The Kier molecular flexibility index (Phi) is 10.1. The number of aliphatic imine (C=N–C) groups is 1. The molecule has 30 heavy (non-hydrogen) atoms. The summed E-state index contributed by atoms with van der Waals surface area (Å²) < 4.78 is 5.89. The van der Waals surface area contributed by atoms with Gasteiger partial charge >= 0.3 is 0 Å². The second-order valence-electron chi connectivity index (χ2n) is 8.43. The molecule has 0 bridgehead atoms. The van der Waals surface area contributed by atoms with Crippen LogP contribution in [0.15, 0.2) is 29.3 Å². The average Bonchev–Trinajstić information content (AvgIpc) is 2.74. The molecule has 0 spiro atoms. The van der Waals surface area contributed by atoms with E-state index in [9.17, 15) is 4.79 Å². The molecule has 168 valence electrons. The van der Waals surface area contributed by atoms with Crippen molar-refractivity contribution >= 4 is 11.9 Å². The molecule has 1 fully saturated rings. The van der Waals surface area contributed by atoms with Crippen LogP contribution in [-0.4, -0.2) is 68.7 Å². The van der Waals surface area contributed by atoms with Crippen LogP contribution in [0.5, 0.6) is 0 Å². The van der Waals surface area contributed by atoms with Gasteiger partial charge in [0.2, 0.25) is 0 Å². The molecule has 0 saturated carbocycles. The second-order valence-corrected chi connectivity index (χ2v) is 8.43. The topological polar surface area (TPSA) is 78.0 Å². The number of amides is 1. The fourth-order valence-electron chi connectivity index (χ4n) is 3.39. The van der Waals surface area contributed by atoms with Crippen LogP contribution in [-0.2, 0) is 11.3 Å². The van der Waals surface area contributed by atoms with Crippen molar-refractivity contribution in [1.29, 1.82) is 0 Å². The largest absolute Gasteiger partial charge is 0.374 e. The molecular weight excluding hydrogens is 378 g/mol. The summed E-state index contributed by atoms with van der Waals surface area (Å²) in [6.45, 7) is 13.8. The summed E-state index contributed by atoms with van der Waals surface area (Å²) in [5.41, 5.74) is 1.78. The number of carbonyl (C=O) groups is 1. The van der Waals surface area contributed by atoms with Crippen molar-refractivity contribution in [1.82, 2.24) is 20.9 Å². The van der Waals surface area contributed by atoms with Gasteiger partial charge in [-0.2, -0.15) is 0 Å². The van der Waals surface area contributed by atoms with Crippen LogP contribution in [0.1, 0.15) is 50.0 Å². The number of carbonyl (C=O) groups excluding carboxylic acids is 1. The van der Waals surface area contributed by atoms with Crippen molar-refractivity contribution in [3.05, 3.63) is 35.4 Å². The first-order valence-electron chi connectivity index (χ1n) is 11.1. The quantitative estimate of drug-likeness (QED) is 0.424. The molecule has 1 aliphatic heterocycles. The SMILES string of the molecule is CCC(C)NC(=O)c1ccc(CNC(=NC)NCC2CN(CC(C)C)CCO2)cc1. The summed E-state index contributed by atoms with van der Waals surface area (Å²) in [5.74, 6) is 1.39. The van der Waals surface area contributed by atoms with E-state index in [1.165, 1.54) is 0 Å². The summed E-state index contributed by atoms with van der Waals surface area (Å²) >= 11 is 0. The summed E-state index contributed by atoms with van der Waals surface area (Å²) in [6, 6.07) is 7.85. The molecule has 2 atom stereocenters. The Labute approximate surface area is 181 Å². The van der Waals surface area contributed by atoms with E-state index in [-0.39, 0.29) is 18.1 Å². The fraction of sp³-hybridized carbons (Fsp3) is 0.652. The van der Waals surface area contributed by atoms with Gasteiger partial charge in [0.1, 0.15) is 0 Å². The maximum atomic E-state index is 12.2. The lowest BCUT2D eigenvalue weighted by molar-refractivity contribution is -0.0284. The van der Waals surface area contributed by atoms with Crippen LogP contribution in [0.4, 0.5) is 0 Å². The van der Waals surface area contributed by atoms with E-state index in [1.54, 1.807) is 7.05 Å². The van der Waals surface area contributed by atoms with Crippen molar-refractivity contribution in [2.45, 2.75) is 52.8 Å². The zero-order valence-corrected chi connectivity index (χ0v) is 19.2. The van der Waals surface area contributed by atoms with Crippen LogP contribution < -0.4 is 16.0 Å². The number of ether oxygens (including phenoxy) is 1. The third-order valence-electron chi connectivity index (χ3n) is 5.23. The lowest BCUT2D eigenvalue weighted by Crippen LogP contribution is -2.50. The number of nitrogens with one attached hydrogen (secondary N) is 3. The van der Waals surface area contributed by atoms with Crippen LogP contribution in [0, 0.1) is 5.92 Å². The van der Waals surface area contributed by atoms with Crippen molar-refractivity contribution in [2.75, 3.05) is 39.8 Å². The van der Waals surface area contributed by atoms with Crippen LogP contribution in [0.25, 0.3) is 0 Å². The Hall–Kier alpha value is -2.12. The van der Waals surface area contributed by atoms with E-state index >= 15 is 0 Å². The first kappa shape index (κ1) is 24.2. The third-order valence-corrected chi connectivity index (χ3v) is 5.23. The average molecular weight is 418 g/mol. The van der Waals surface area contributed by atoms with Crippen molar-refractivity contribution in [3.63, 3.8) is 0 Å². The molecule has 0 aromatic heterocycles. The van der Waals surface area contributed by atoms with Crippen molar-refractivity contribution in [2.24, 2.45) is 10.9 Å². The minimum atomic E-state index is -0.0275. The van der Waals surface area contributed by atoms with Crippen LogP contribution in [0.3, 0.4) is 0 Å². The number of guanidine groups is 1. The Morgan fingerprint density at radius 3 is 2.60 bits per heavy atom. The molecular formula is C23H39N5O2. The lowest BCUT2D eigenvalue weighted by atomic mass is 10.1. The fourth-order valence-corrected chi connectivity index (χ4v) is 3.39. The summed E-state index contributed by atoms with van der Waals surface area (Å²) in [4.78, 5) is 19.0. The number of hydrogen-bond donors (Lipinski definition) is 3. The van der Waals surface area contributed by atoms with E-state index in [0.29, 0.717) is 18.0 Å². The van der Waals surface area contributed by atoms with Crippen molar-refractivity contribution in [3.8, 4) is 0 Å². The molecule has 1 aromatic carbocycles. The van der Waals surface area contributed by atoms with E-state index in [4.69, 9.17) is 4.74 Å². The molecule has 1 amide bonds. The maximum absolute atomic E-state index is 12.2. The molecule has 7 heteroatoms. The van der Waals surface area contributed by atoms with Gasteiger partial charge in [0.05, 0.1) is 12.7 Å². The number of morpholine rings is 1. The predicted octanol–water partition coefficient (Wildman–Crippen LogP) is 2.24. The Balaban J connectivity index is 1.76. The van der Waals surface area contributed by atoms with E-state index in [1.807, 2.05) is 31.2 Å². The van der Waals surface area contributed by atoms with E-state index < -0.39 is 0 Å². The minimum absolute atomic E-state index is 0.0275. The maximum Gasteiger partial charge on any atom is 0.251 e. The van der Waals surface area contributed by atoms with Gasteiger partial charge < -0.3 is 20.7 Å². The Morgan fingerprint density at radius 1 is 1.23 bits per heavy atom. The first-order chi connectivity index (χ1) is 14.4. The monoisotopic (exact) mass is 417 g/mol. The highest BCUT2D eigenvalue weighted by Gasteiger charge is 2.21. The summed E-state index contributed by atoms with van der Waals surface area (Å²) in [5, 5.41) is 9.68. The highest BCUT2D eigenvalue weighted by Crippen LogP contribution is 2.08. The summed E-state index contributed by atoms with van der Waals surface area (Å²) in [6.07, 6.45) is 1.08. The first-order valence-corrected chi connectivity index (χ1v) is 11.1. The van der Waals surface area contributed by atoms with Gasteiger partial charge in [0.25, 0.3) is 5.91 Å². The van der Waals surface area contributed by atoms with E-state index in [0.717, 1.165) is 50.7 Å². The number of benzene rings is 1. The van der Waals surface area contributed by atoms with Crippen molar-refractivity contribution < 1.29 is 9.53 Å². The van der Waals surface area contributed by atoms with Gasteiger partial charge in [-0.3, -0.25) is 14.7 Å². The standard InChI is InChI=1S/C23H39N5O2/c1-6-18(4)27-22(29)20-9-7-19(8-10-20)13-25-23(24-5)26-14-21-16-28(11-12-30-21)15-17(2)3/h7-10,17-18,21H,6,11-16H2,1-5H3,(H,27,29)(H2,24,25,26). The van der Waals surface area contributed by atoms with Crippen LogP contribution >= 0.6 is 0 Å². The molecule has 1 heterocycles. The molecule has 3 N–H and O–H groups in total. The van der Waals surface area contributed by atoms with E-state index in [2.05, 4.69) is 46.6 Å². The molecule has 1 saturated heterocycles. The second kappa shape index (κ2) is 12.5. The highest BCUT2D eigenvalue weighted by molar-refractivity contribution is 5.94. The van der Waals surface area contributed by atoms with Gasteiger partial charge in [0.15, 0.2) is 5.96 Å². The number of nitrogens with zero attached hydrogens (tertiary/aromatic N) is 2. The normalized spacial score (nSPS) is 18.9. The zero-order valence-electron chi connectivity index (χ0n) is 19.2. The summed E-state index contributed by atoms with van der Waals surface area (Å²) in [7, 11) is 1.77. The highest BCUT2D eigenvalue weighted by atomic mass is 16.5. The molecule has 0 aliphatic carbocycles. The number of rotatable bonds is 9. The third kappa shape index (κ3) is 8.32. The predicted molar refractivity (Wildman–Crippen MR) is 123 cm³/mol. The Bertz CT molecular complexity index is 675. The zero-order chi connectivity index (χ0) is 21.9. The molecule has 2 unspecified atom stereocenters. The lowest BCUT2D eigenvalue weighted by Gasteiger charge is -2.34. The molecule has 2 rings (SSSR count).